The first kappa shape index (κ1) is 24.0. The largest absolute Gasteiger partial charge is 0.493 e. The van der Waals surface area contributed by atoms with Gasteiger partial charge in [-0.05, 0) is 42.5 Å². The van der Waals surface area contributed by atoms with Gasteiger partial charge in [-0.25, -0.2) is 0 Å². The van der Waals surface area contributed by atoms with Crippen molar-refractivity contribution in [2.75, 3.05) is 27.3 Å². The number of hydrogen-bond acceptors (Lipinski definition) is 5. The van der Waals surface area contributed by atoms with E-state index in [-0.39, 0.29) is 24.2 Å². The van der Waals surface area contributed by atoms with E-state index in [1.165, 1.54) is 5.56 Å². The van der Waals surface area contributed by atoms with Gasteiger partial charge in [-0.3, -0.25) is 9.59 Å². The molecule has 1 aliphatic rings. The molecule has 2 rings (SSSR count). The number of carbonyl (C=O) groups excluding carboxylic acids is 2. The van der Waals surface area contributed by atoms with Crippen molar-refractivity contribution in [2.45, 2.75) is 51.6 Å². The SMILES string of the molecule is CCCC(N)C(=O)NCCCC(=O)N1CCc2cc(OC)c(OC)cc2C1.Cl. The van der Waals surface area contributed by atoms with E-state index in [0.717, 1.165) is 18.4 Å². The fourth-order valence-electron chi connectivity index (χ4n) is 3.28. The predicted molar refractivity (Wildman–Crippen MR) is 111 cm³/mol. The molecule has 7 nitrogen and oxygen atoms in total. The Bertz CT molecular complexity index is 669. The molecule has 0 aliphatic carbocycles. The number of methoxy groups -OCH3 is 2. The highest BCUT2D eigenvalue weighted by atomic mass is 35.5. The van der Waals surface area contributed by atoms with E-state index >= 15 is 0 Å². The standard InChI is InChI=1S/C20H31N3O4.ClH/c1-4-6-16(21)20(25)22-9-5-7-19(24)23-10-8-14-11-17(26-2)18(27-3)12-15(14)13-23;/h11-12,16H,4-10,13,21H2,1-3H3,(H,22,25);1H. The molecule has 1 heterocycles. The molecular weight excluding hydrogens is 382 g/mol. The number of amides is 2. The maximum absolute atomic E-state index is 12.5. The van der Waals surface area contributed by atoms with Crippen LogP contribution in [-0.4, -0.2) is 50.1 Å². The number of nitrogens with zero attached hydrogens (tertiary/aromatic N) is 1. The number of benzene rings is 1. The molecule has 1 aromatic rings. The Morgan fingerprint density at radius 1 is 1.21 bits per heavy atom. The molecule has 3 N–H and O–H groups in total. The van der Waals surface area contributed by atoms with Gasteiger partial charge in [0.25, 0.3) is 0 Å². The van der Waals surface area contributed by atoms with Crippen molar-refractivity contribution in [1.82, 2.24) is 10.2 Å². The lowest BCUT2D eigenvalue weighted by Gasteiger charge is -2.29. The molecule has 0 saturated carbocycles. The highest BCUT2D eigenvalue weighted by Crippen LogP contribution is 2.33. The van der Waals surface area contributed by atoms with E-state index in [0.29, 0.717) is 50.4 Å². The topological polar surface area (TPSA) is 93.9 Å². The quantitative estimate of drug-likeness (QED) is 0.604. The lowest BCUT2D eigenvalue weighted by atomic mass is 9.98. The zero-order valence-corrected chi connectivity index (χ0v) is 17.8. The van der Waals surface area contributed by atoms with Crippen LogP contribution in [0.5, 0.6) is 11.5 Å². The molecule has 28 heavy (non-hydrogen) atoms. The van der Waals surface area contributed by atoms with E-state index in [9.17, 15) is 9.59 Å². The number of nitrogens with two attached hydrogens (primary N) is 1. The average Bonchev–Trinajstić information content (AvgIpc) is 2.69. The van der Waals surface area contributed by atoms with Crippen LogP contribution in [0.1, 0.15) is 43.7 Å². The van der Waals surface area contributed by atoms with Gasteiger partial charge >= 0.3 is 0 Å². The summed E-state index contributed by atoms with van der Waals surface area (Å²) in [5.74, 6) is 1.35. The lowest BCUT2D eigenvalue weighted by molar-refractivity contribution is -0.132. The Morgan fingerprint density at radius 3 is 2.46 bits per heavy atom. The molecule has 0 aromatic heterocycles. The van der Waals surface area contributed by atoms with E-state index in [4.69, 9.17) is 15.2 Å². The van der Waals surface area contributed by atoms with Gasteiger partial charge in [0.1, 0.15) is 0 Å². The number of fused-ring (bicyclic) bond motifs is 1. The Kier molecular flexibility index (Phi) is 10.1. The summed E-state index contributed by atoms with van der Waals surface area (Å²) < 4.78 is 10.7. The van der Waals surface area contributed by atoms with Crippen molar-refractivity contribution < 1.29 is 19.1 Å². The van der Waals surface area contributed by atoms with E-state index in [2.05, 4.69) is 5.32 Å². The minimum Gasteiger partial charge on any atom is -0.493 e. The van der Waals surface area contributed by atoms with Crippen LogP contribution in [0.3, 0.4) is 0 Å². The molecule has 0 bridgehead atoms. The maximum Gasteiger partial charge on any atom is 0.236 e. The second-order valence-corrected chi connectivity index (χ2v) is 6.83. The molecule has 0 saturated heterocycles. The molecule has 1 aliphatic heterocycles. The zero-order valence-electron chi connectivity index (χ0n) is 17.0. The van der Waals surface area contributed by atoms with Crippen molar-refractivity contribution in [2.24, 2.45) is 5.73 Å². The third-order valence-corrected chi connectivity index (χ3v) is 4.87. The second-order valence-electron chi connectivity index (χ2n) is 6.83. The number of halogens is 1. The van der Waals surface area contributed by atoms with E-state index in [1.54, 1.807) is 14.2 Å². The van der Waals surface area contributed by atoms with Crippen LogP contribution in [0.25, 0.3) is 0 Å². The Hall–Kier alpha value is -1.99. The maximum atomic E-state index is 12.5. The Labute approximate surface area is 173 Å². The number of carbonyl (C=O) groups is 2. The number of ether oxygens (including phenoxy) is 2. The van der Waals surface area contributed by atoms with E-state index < -0.39 is 6.04 Å². The minimum atomic E-state index is -0.462. The molecule has 0 spiro atoms. The monoisotopic (exact) mass is 413 g/mol. The summed E-state index contributed by atoms with van der Waals surface area (Å²) in [6, 6.07) is 3.48. The summed E-state index contributed by atoms with van der Waals surface area (Å²) in [6.45, 7) is 3.73. The summed E-state index contributed by atoms with van der Waals surface area (Å²) >= 11 is 0. The van der Waals surface area contributed by atoms with Crippen molar-refractivity contribution in [3.8, 4) is 11.5 Å². The lowest BCUT2D eigenvalue weighted by Crippen LogP contribution is -2.41. The van der Waals surface area contributed by atoms with E-state index in [1.807, 2.05) is 24.0 Å². The van der Waals surface area contributed by atoms with Crippen LogP contribution < -0.4 is 20.5 Å². The summed E-state index contributed by atoms with van der Waals surface area (Å²) in [4.78, 5) is 26.1. The van der Waals surface area contributed by atoms with Crippen LogP contribution in [0.15, 0.2) is 12.1 Å². The third kappa shape index (κ3) is 6.27. The highest BCUT2D eigenvalue weighted by Gasteiger charge is 2.22. The van der Waals surface area contributed by atoms with Gasteiger partial charge in [0.2, 0.25) is 11.8 Å². The summed E-state index contributed by atoms with van der Waals surface area (Å²) in [5.41, 5.74) is 8.05. The number of nitrogens with one attached hydrogen (secondary N) is 1. The summed E-state index contributed by atoms with van der Waals surface area (Å²) in [7, 11) is 3.23. The Balaban J connectivity index is 0.00000392. The number of rotatable bonds is 9. The molecule has 1 atom stereocenters. The molecule has 2 amide bonds. The van der Waals surface area contributed by atoms with Crippen LogP contribution >= 0.6 is 12.4 Å². The van der Waals surface area contributed by atoms with Crippen LogP contribution in [0.4, 0.5) is 0 Å². The Morgan fingerprint density at radius 2 is 1.86 bits per heavy atom. The van der Waals surface area contributed by atoms with Crippen molar-refractivity contribution in [1.29, 1.82) is 0 Å². The average molecular weight is 414 g/mol. The highest BCUT2D eigenvalue weighted by molar-refractivity contribution is 5.85. The van der Waals surface area contributed by atoms with Gasteiger partial charge in [0.15, 0.2) is 11.5 Å². The summed E-state index contributed by atoms with van der Waals surface area (Å²) in [5, 5.41) is 2.80. The first-order valence-electron chi connectivity index (χ1n) is 9.55. The zero-order chi connectivity index (χ0) is 19.8. The van der Waals surface area contributed by atoms with Crippen molar-refractivity contribution in [3.05, 3.63) is 23.3 Å². The second kappa shape index (κ2) is 11.8. The fraction of sp³-hybridized carbons (Fsp3) is 0.600. The predicted octanol–water partition coefficient (Wildman–Crippen LogP) is 2.03. The van der Waals surface area contributed by atoms with Crippen LogP contribution in [0.2, 0.25) is 0 Å². The molecule has 8 heteroatoms. The van der Waals surface area contributed by atoms with Gasteiger partial charge in [-0.2, -0.15) is 0 Å². The molecule has 1 aromatic carbocycles. The van der Waals surface area contributed by atoms with Crippen LogP contribution in [-0.2, 0) is 22.6 Å². The normalized spacial score (nSPS) is 13.8. The van der Waals surface area contributed by atoms with Gasteiger partial charge in [0.05, 0.1) is 20.3 Å². The molecule has 1 unspecified atom stereocenters. The molecule has 0 radical (unpaired) electrons. The van der Waals surface area contributed by atoms with Crippen molar-refractivity contribution in [3.63, 3.8) is 0 Å². The fourth-order valence-corrected chi connectivity index (χ4v) is 3.28. The molecule has 0 fully saturated rings. The van der Waals surface area contributed by atoms with Gasteiger partial charge in [-0.15, -0.1) is 12.4 Å². The minimum absolute atomic E-state index is 0. The first-order valence-corrected chi connectivity index (χ1v) is 9.55. The smallest absolute Gasteiger partial charge is 0.236 e. The van der Waals surface area contributed by atoms with Crippen LogP contribution in [0, 0.1) is 0 Å². The molecular formula is C20H32ClN3O4. The third-order valence-electron chi connectivity index (χ3n) is 4.87. The molecule has 158 valence electrons. The van der Waals surface area contributed by atoms with Gasteiger partial charge in [-0.1, -0.05) is 13.3 Å². The van der Waals surface area contributed by atoms with Gasteiger partial charge < -0.3 is 25.4 Å². The van der Waals surface area contributed by atoms with Gasteiger partial charge in [0, 0.05) is 26.1 Å². The number of hydrogen-bond donors (Lipinski definition) is 2. The van der Waals surface area contributed by atoms with Crippen molar-refractivity contribution >= 4 is 24.2 Å². The summed E-state index contributed by atoms with van der Waals surface area (Å²) in [6.07, 6.45) is 3.36. The first-order chi connectivity index (χ1) is 13.0.